The first-order valence-electron chi connectivity index (χ1n) is 6.02. The third-order valence-electron chi connectivity index (χ3n) is 3.40. The molecule has 3 nitrogen and oxygen atoms in total. The van der Waals surface area contributed by atoms with E-state index in [2.05, 4.69) is 4.90 Å². The summed E-state index contributed by atoms with van der Waals surface area (Å²) in [6.45, 7) is 0. The van der Waals surface area contributed by atoms with Crippen LogP contribution in [0.3, 0.4) is 0 Å². The Bertz CT molecular complexity index is 481. The van der Waals surface area contributed by atoms with Crippen molar-refractivity contribution in [2.24, 2.45) is 0 Å². The fourth-order valence-electron chi connectivity index (χ4n) is 2.16. The summed E-state index contributed by atoms with van der Waals surface area (Å²) < 4.78 is 0. The molecule has 0 heterocycles. The first-order chi connectivity index (χ1) is 8.59. The Morgan fingerprint density at radius 3 is 2.78 bits per heavy atom. The molecular weight excluding hydrogens is 250 g/mol. The van der Waals surface area contributed by atoms with Gasteiger partial charge < -0.3 is 10.0 Å². The van der Waals surface area contributed by atoms with Crippen LogP contribution in [0.5, 0.6) is 0 Å². The van der Waals surface area contributed by atoms with Gasteiger partial charge in [0.15, 0.2) is 0 Å². The van der Waals surface area contributed by atoms with Gasteiger partial charge >= 0.3 is 5.97 Å². The number of hydrogen-bond donors (Lipinski definition) is 1. The van der Waals surface area contributed by atoms with Crippen LogP contribution in [-0.2, 0) is 4.79 Å². The van der Waals surface area contributed by atoms with Crippen molar-refractivity contribution in [3.8, 4) is 0 Å². The molecule has 18 heavy (non-hydrogen) atoms. The Kier molecular flexibility index (Phi) is 3.92. The second kappa shape index (κ2) is 5.44. The molecular formula is C14H16ClNO2. The van der Waals surface area contributed by atoms with Crippen molar-refractivity contribution >= 4 is 29.3 Å². The van der Waals surface area contributed by atoms with Crippen LogP contribution in [0.15, 0.2) is 24.3 Å². The second-order valence-corrected chi connectivity index (χ2v) is 4.95. The van der Waals surface area contributed by atoms with Crippen molar-refractivity contribution in [3.05, 3.63) is 34.9 Å². The lowest BCUT2D eigenvalue weighted by atomic mass is 9.91. The summed E-state index contributed by atoms with van der Waals surface area (Å²) >= 11 is 6.24. The number of benzene rings is 1. The number of anilines is 1. The van der Waals surface area contributed by atoms with Crippen molar-refractivity contribution in [2.75, 3.05) is 11.9 Å². The van der Waals surface area contributed by atoms with Gasteiger partial charge in [0.05, 0.1) is 10.7 Å². The van der Waals surface area contributed by atoms with Gasteiger partial charge in [0.25, 0.3) is 0 Å². The molecule has 0 saturated heterocycles. The molecule has 0 bridgehead atoms. The Morgan fingerprint density at radius 1 is 1.50 bits per heavy atom. The number of carboxylic acid groups (broad SMARTS) is 1. The van der Waals surface area contributed by atoms with E-state index in [1.165, 1.54) is 19.3 Å². The van der Waals surface area contributed by atoms with Gasteiger partial charge in [0.2, 0.25) is 0 Å². The van der Waals surface area contributed by atoms with Crippen LogP contribution in [0.4, 0.5) is 5.69 Å². The molecule has 1 aliphatic carbocycles. The molecule has 0 amide bonds. The van der Waals surface area contributed by atoms with Gasteiger partial charge in [0, 0.05) is 19.2 Å². The highest BCUT2D eigenvalue weighted by molar-refractivity contribution is 6.33. The molecule has 0 unspecified atom stereocenters. The van der Waals surface area contributed by atoms with Gasteiger partial charge in [-0.1, -0.05) is 23.7 Å². The summed E-state index contributed by atoms with van der Waals surface area (Å²) in [5, 5.41) is 9.37. The van der Waals surface area contributed by atoms with E-state index in [0.717, 1.165) is 17.3 Å². The minimum Gasteiger partial charge on any atom is -0.478 e. The maximum Gasteiger partial charge on any atom is 0.328 e. The van der Waals surface area contributed by atoms with E-state index >= 15 is 0 Å². The van der Waals surface area contributed by atoms with Crippen molar-refractivity contribution in [1.82, 2.24) is 0 Å². The summed E-state index contributed by atoms with van der Waals surface area (Å²) in [6.07, 6.45) is 6.33. The predicted octanol–water partition coefficient (Wildman–Crippen LogP) is 3.43. The first kappa shape index (κ1) is 13.0. The number of rotatable bonds is 4. The SMILES string of the molecule is CN(c1c(Cl)cccc1/C=C/C(=O)O)C1CCC1. The van der Waals surface area contributed by atoms with E-state index in [1.54, 1.807) is 6.08 Å². The Labute approximate surface area is 112 Å². The fourth-order valence-corrected chi connectivity index (χ4v) is 2.47. The Hall–Kier alpha value is -1.48. The number of nitrogens with zero attached hydrogens (tertiary/aromatic N) is 1. The molecule has 1 fully saturated rings. The zero-order valence-electron chi connectivity index (χ0n) is 10.3. The van der Waals surface area contributed by atoms with Crippen LogP contribution < -0.4 is 4.90 Å². The van der Waals surface area contributed by atoms with E-state index in [-0.39, 0.29) is 0 Å². The van der Waals surface area contributed by atoms with Crippen molar-refractivity contribution in [3.63, 3.8) is 0 Å². The minimum atomic E-state index is -0.952. The van der Waals surface area contributed by atoms with E-state index in [4.69, 9.17) is 16.7 Å². The molecule has 0 atom stereocenters. The number of halogens is 1. The Morgan fingerprint density at radius 2 is 2.22 bits per heavy atom. The predicted molar refractivity (Wildman–Crippen MR) is 74.2 cm³/mol. The molecule has 1 aromatic carbocycles. The number of carboxylic acids is 1. The quantitative estimate of drug-likeness (QED) is 0.848. The van der Waals surface area contributed by atoms with Crippen LogP contribution in [0, 0.1) is 0 Å². The van der Waals surface area contributed by atoms with Crippen LogP contribution >= 0.6 is 11.6 Å². The van der Waals surface area contributed by atoms with Crippen molar-refractivity contribution < 1.29 is 9.90 Å². The summed E-state index contributed by atoms with van der Waals surface area (Å²) in [6, 6.07) is 6.07. The average molecular weight is 266 g/mol. The van der Waals surface area contributed by atoms with Gasteiger partial charge in [0.1, 0.15) is 0 Å². The van der Waals surface area contributed by atoms with E-state index in [1.807, 2.05) is 25.2 Å². The lowest BCUT2D eigenvalue weighted by Crippen LogP contribution is -2.37. The summed E-state index contributed by atoms with van der Waals surface area (Å²) in [5.41, 5.74) is 1.76. The summed E-state index contributed by atoms with van der Waals surface area (Å²) in [7, 11) is 2.02. The molecule has 1 saturated carbocycles. The normalized spacial score (nSPS) is 15.7. The van der Waals surface area contributed by atoms with Crippen LogP contribution in [0.2, 0.25) is 5.02 Å². The molecule has 0 spiro atoms. The zero-order chi connectivity index (χ0) is 13.1. The van der Waals surface area contributed by atoms with E-state index in [9.17, 15) is 4.79 Å². The second-order valence-electron chi connectivity index (χ2n) is 4.54. The molecule has 2 rings (SSSR count). The molecule has 4 heteroatoms. The molecule has 0 radical (unpaired) electrons. The van der Waals surface area contributed by atoms with Gasteiger partial charge in [-0.2, -0.15) is 0 Å². The number of aliphatic carboxylic acids is 1. The highest BCUT2D eigenvalue weighted by Crippen LogP contribution is 2.35. The van der Waals surface area contributed by atoms with E-state index < -0.39 is 5.97 Å². The van der Waals surface area contributed by atoms with E-state index in [0.29, 0.717) is 11.1 Å². The van der Waals surface area contributed by atoms with Crippen LogP contribution in [0.25, 0.3) is 6.08 Å². The largest absolute Gasteiger partial charge is 0.478 e. The van der Waals surface area contributed by atoms with Crippen LogP contribution in [0.1, 0.15) is 24.8 Å². The number of para-hydroxylation sites is 1. The smallest absolute Gasteiger partial charge is 0.328 e. The highest BCUT2D eigenvalue weighted by atomic mass is 35.5. The minimum absolute atomic E-state index is 0.516. The molecule has 0 aliphatic heterocycles. The maximum absolute atomic E-state index is 10.6. The molecule has 0 aromatic heterocycles. The summed E-state index contributed by atoms with van der Waals surface area (Å²) in [5.74, 6) is -0.952. The van der Waals surface area contributed by atoms with Crippen molar-refractivity contribution in [2.45, 2.75) is 25.3 Å². The fraction of sp³-hybridized carbons (Fsp3) is 0.357. The van der Waals surface area contributed by atoms with Gasteiger partial charge in [-0.25, -0.2) is 4.79 Å². The maximum atomic E-state index is 10.6. The number of hydrogen-bond acceptors (Lipinski definition) is 2. The van der Waals surface area contributed by atoms with Gasteiger partial charge in [-0.15, -0.1) is 0 Å². The summed E-state index contributed by atoms with van der Waals surface area (Å²) in [4.78, 5) is 12.8. The topological polar surface area (TPSA) is 40.5 Å². The monoisotopic (exact) mass is 265 g/mol. The van der Waals surface area contributed by atoms with Crippen LogP contribution in [-0.4, -0.2) is 24.2 Å². The Balaban J connectivity index is 2.33. The zero-order valence-corrected chi connectivity index (χ0v) is 11.0. The molecule has 1 aliphatic rings. The standard InChI is InChI=1S/C14H16ClNO2/c1-16(11-5-3-6-11)14-10(8-9-13(17)18)4-2-7-12(14)15/h2,4,7-9,11H,3,5-6H2,1H3,(H,17,18)/b9-8+. The first-order valence-corrected chi connectivity index (χ1v) is 6.39. The average Bonchev–Trinajstić information content (AvgIpc) is 2.23. The molecule has 1 N–H and O–H groups in total. The third-order valence-corrected chi connectivity index (χ3v) is 3.70. The number of carbonyl (C=O) groups is 1. The lowest BCUT2D eigenvalue weighted by Gasteiger charge is -2.37. The van der Waals surface area contributed by atoms with Crippen molar-refractivity contribution in [1.29, 1.82) is 0 Å². The molecule has 96 valence electrons. The third kappa shape index (κ3) is 2.67. The highest BCUT2D eigenvalue weighted by Gasteiger charge is 2.24. The van der Waals surface area contributed by atoms with Gasteiger partial charge in [-0.3, -0.25) is 0 Å². The van der Waals surface area contributed by atoms with Gasteiger partial charge in [-0.05, 0) is 37.0 Å². The lowest BCUT2D eigenvalue weighted by molar-refractivity contribution is -0.131. The molecule has 1 aromatic rings.